The predicted molar refractivity (Wildman–Crippen MR) is 354 cm³/mol. The maximum absolute atomic E-state index is 15.3. The molecule has 2 aromatic carbocycles. The molecule has 2 aliphatic carbocycles. The van der Waals surface area contributed by atoms with Crippen LogP contribution in [0.25, 0.3) is 0 Å². The van der Waals surface area contributed by atoms with E-state index in [1.807, 2.05) is 0 Å². The Hall–Kier alpha value is -8.74. The zero-order chi connectivity index (χ0) is 75.8. The van der Waals surface area contributed by atoms with E-state index in [4.69, 9.17) is 0 Å². The molecule has 562 valence electrons. The molecule has 0 unspecified atom stereocenters. The molecule has 24 nitrogen and oxygen atoms in total. The van der Waals surface area contributed by atoms with Crippen LogP contribution in [0.1, 0.15) is 133 Å². The first kappa shape index (κ1) is 80.6. The van der Waals surface area contributed by atoms with E-state index in [1.165, 1.54) is 66.1 Å². The van der Waals surface area contributed by atoms with Crippen LogP contribution in [0.4, 0.5) is 35.1 Å². The van der Waals surface area contributed by atoms with Crippen LogP contribution in [-0.2, 0) is 82.7 Å². The van der Waals surface area contributed by atoms with Gasteiger partial charge in [0.25, 0.3) is 0 Å². The van der Waals surface area contributed by atoms with Crippen molar-refractivity contribution in [2.45, 2.75) is 190 Å². The van der Waals surface area contributed by atoms with Crippen molar-refractivity contribution in [3.8, 4) is 0 Å². The summed E-state index contributed by atoms with van der Waals surface area (Å²) in [6, 6.07) is -7.02. The van der Waals surface area contributed by atoms with Crippen molar-refractivity contribution in [2.75, 3.05) is 82.6 Å². The van der Waals surface area contributed by atoms with Gasteiger partial charge in [0.1, 0.15) is 71.1 Å². The van der Waals surface area contributed by atoms with E-state index in [0.717, 1.165) is 65.6 Å². The Kier molecular flexibility index (Phi) is 26.5. The van der Waals surface area contributed by atoms with Gasteiger partial charge in [0.15, 0.2) is 0 Å². The van der Waals surface area contributed by atoms with Crippen LogP contribution in [0.3, 0.4) is 0 Å². The maximum Gasteiger partial charge on any atom is 0.422 e. The highest BCUT2D eigenvalue weighted by atomic mass is 19.4. The molecule has 102 heavy (non-hydrogen) atoms. The first-order valence-corrected chi connectivity index (χ1v) is 34.4. The third-order valence-corrected chi connectivity index (χ3v) is 20.8. The molecule has 4 fully saturated rings. The molecule has 3 N–H and O–H groups in total. The molecule has 1 spiro atoms. The summed E-state index contributed by atoms with van der Waals surface area (Å²) in [5.41, 5.74) is -5.15. The third-order valence-electron chi connectivity index (χ3n) is 20.8. The van der Waals surface area contributed by atoms with E-state index in [2.05, 4.69) is 16.0 Å². The Morgan fingerprint density at radius 2 is 1.26 bits per heavy atom. The fourth-order valence-corrected chi connectivity index (χ4v) is 14.1. The van der Waals surface area contributed by atoms with Crippen LogP contribution >= 0.6 is 0 Å². The molecular weight excluding hydrogens is 1350 g/mol. The summed E-state index contributed by atoms with van der Waals surface area (Å²) >= 11 is 0. The second kappa shape index (κ2) is 33.6. The number of hydrogen-bond acceptors (Lipinski definition) is 12. The number of amides is 12. The van der Waals surface area contributed by atoms with Crippen LogP contribution in [0.2, 0.25) is 0 Å². The second-order valence-electron chi connectivity index (χ2n) is 27.9. The van der Waals surface area contributed by atoms with Gasteiger partial charge in [-0.1, -0.05) is 57.4 Å². The number of halogens is 8. The molecule has 3 aliphatic heterocycles. The Bertz CT molecular complexity index is 3490. The van der Waals surface area contributed by atoms with Crippen molar-refractivity contribution in [1.82, 2.24) is 60.0 Å². The van der Waals surface area contributed by atoms with Crippen molar-refractivity contribution in [3.05, 3.63) is 82.4 Å². The topological polar surface area (TPSA) is 270 Å². The standard InChI is InChI=1S/C70H94F8N12O12/c1-12-40(2)57-65(100)84(7)39-55(93)86(9)50-22-14-13-17-32-90(64(50)99)52(36-42-24-27-45(28-25-42)69(73,74)75)63(98)83(6)38-53(91)79-48(29-26-43-34-46(71)56(47(72)35-43)70(76,77)78)61(96)89-33-18-23-49(89)60(95)81-68(30-19-31-68)67(102)88(11)58(44-20-15-16-21-44)66(101)87(10)51(62(97)82(4)5)37-54(92)85(8)41(3)59(94)80-57/h13-14,24-25,27-28,34-35,40-41,44,48-52,57-58H,12,15-23,26,29-33,36-39H2,1-11H3,(H,79,91)(H,80,94)(H,81,95)/b14-13-/t40-,41-,48+,49-,50-,51-,52-,57-,58-/m0/s1. The van der Waals surface area contributed by atoms with Crippen LogP contribution in [0.5, 0.6) is 0 Å². The van der Waals surface area contributed by atoms with Gasteiger partial charge in [-0.3, -0.25) is 57.5 Å². The largest absolute Gasteiger partial charge is 0.422 e. The average molecular weight is 1450 g/mol. The van der Waals surface area contributed by atoms with Gasteiger partial charge in [-0.05, 0) is 125 Å². The molecule has 5 aliphatic rings. The maximum atomic E-state index is 15.3. The fourth-order valence-electron chi connectivity index (χ4n) is 14.1. The highest BCUT2D eigenvalue weighted by molar-refractivity contribution is 6.01. The molecule has 2 saturated heterocycles. The van der Waals surface area contributed by atoms with Gasteiger partial charge >= 0.3 is 12.4 Å². The minimum absolute atomic E-state index is 0.0109. The number of carbonyl (C=O) groups excluding carboxylic acids is 12. The molecular formula is C70H94F8N12O12. The van der Waals surface area contributed by atoms with E-state index >= 15 is 32.8 Å². The van der Waals surface area contributed by atoms with Crippen molar-refractivity contribution in [1.29, 1.82) is 0 Å². The zero-order valence-electron chi connectivity index (χ0n) is 59.5. The lowest BCUT2D eigenvalue weighted by molar-refractivity contribution is -0.157. The van der Waals surface area contributed by atoms with Crippen molar-refractivity contribution in [2.24, 2.45) is 11.8 Å². The molecule has 2 aromatic rings. The predicted octanol–water partition coefficient (Wildman–Crippen LogP) is 4.70. The number of nitrogens with zero attached hydrogens (tertiary/aromatic N) is 9. The van der Waals surface area contributed by atoms with Crippen LogP contribution in [0, 0.1) is 23.5 Å². The third kappa shape index (κ3) is 18.5. The smallest absolute Gasteiger partial charge is 0.347 e. The van der Waals surface area contributed by atoms with Crippen LogP contribution < -0.4 is 16.0 Å². The quantitative estimate of drug-likeness (QED) is 0.228. The molecule has 3 heterocycles. The molecule has 0 radical (unpaired) electrons. The van der Waals surface area contributed by atoms with Crippen LogP contribution in [0.15, 0.2) is 48.6 Å². The summed E-state index contributed by atoms with van der Waals surface area (Å²) in [5, 5.41) is 8.12. The van der Waals surface area contributed by atoms with E-state index in [1.54, 1.807) is 26.0 Å². The number of alkyl halides is 6. The summed E-state index contributed by atoms with van der Waals surface area (Å²) in [5.74, 6) is -14.9. The van der Waals surface area contributed by atoms with Crippen molar-refractivity contribution in [3.63, 3.8) is 0 Å². The van der Waals surface area contributed by atoms with Gasteiger partial charge in [0.2, 0.25) is 70.9 Å². The number of carbonyl (C=O) groups is 12. The molecule has 2 saturated carbocycles. The minimum Gasteiger partial charge on any atom is -0.347 e. The van der Waals surface area contributed by atoms with E-state index in [-0.39, 0.29) is 62.7 Å². The molecule has 7 rings (SSSR count). The van der Waals surface area contributed by atoms with Gasteiger partial charge in [-0.15, -0.1) is 0 Å². The summed E-state index contributed by atoms with van der Waals surface area (Å²) in [7, 11) is 10.6. The second-order valence-corrected chi connectivity index (χ2v) is 27.9. The van der Waals surface area contributed by atoms with Gasteiger partial charge in [0, 0.05) is 75.9 Å². The highest BCUT2D eigenvalue weighted by Gasteiger charge is 2.53. The lowest BCUT2D eigenvalue weighted by Crippen LogP contribution is -2.68. The molecule has 0 aromatic heterocycles. The number of nitrogens with one attached hydrogen (secondary N) is 3. The Labute approximate surface area is 588 Å². The number of benzene rings is 2. The Morgan fingerprint density at radius 1 is 0.647 bits per heavy atom. The van der Waals surface area contributed by atoms with Crippen LogP contribution in [-0.4, -0.2) is 251 Å². The molecule has 2 bridgehead atoms. The summed E-state index contributed by atoms with van der Waals surface area (Å²) in [6.07, 6.45) is -5.93. The normalized spacial score (nSPS) is 26.1. The average Bonchev–Trinajstić information content (AvgIpc) is 1.12. The number of hydrogen-bond donors (Lipinski definition) is 3. The molecule has 9 atom stereocenters. The first-order valence-electron chi connectivity index (χ1n) is 34.4. The van der Waals surface area contributed by atoms with E-state index in [9.17, 15) is 59.9 Å². The molecule has 32 heteroatoms. The zero-order valence-corrected chi connectivity index (χ0v) is 59.5. The number of rotatable bonds is 9. The van der Waals surface area contributed by atoms with E-state index in [0.29, 0.717) is 50.7 Å². The summed E-state index contributed by atoms with van der Waals surface area (Å²) in [6.45, 7) is 2.81. The SMILES string of the molecule is CC[C@H](C)[C@@H]1NC(=O)[C@H](C)N(C)C(=O)C[C@@H](C(=O)N(C)C)N(C)C(=O)[C@H](C2CCCC2)N(C)C(=O)C2(CCC2)NC(=O)[C@@H]2CCCN2C(=O)[C@@H](CCc2cc(F)c(C(F)(F)F)c(F)c2)NC(=O)CN(C)C(=O)[C@H](Cc2ccc(C(F)(F)F)cc2)N2CC/C=C\C[C@@H](C2=O)N(C)C(=O)CN(C)C1=O. The number of aryl methyl sites for hydroxylation is 1. The summed E-state index contributed by atoms with van der Waals surface area (Å²) < 4.78 is 113. The van der Waals surface area contributed by atoms with Gasteiger partial charge < -0.3 is 60.0 Å². The first-order chi connectivity index (χ1) is 47.7. The Balaban J connectivity index is 1.31. The van der Waals surface area contributed by atoms with Crippen molar-refractivity contribution < 1.29 is 92.7 Å². The van der Waals surface area contributed by atoms with Crippen molar-refractivity contribution >= 4 is 70.9 Å². The summed E-state index contributed by atoms with van der Waals surface area (Å²) in [4.78, 5) is 187. The minimum atomic E-state index is -5.44. The van der Waals surface area contributed by atoms with Gasteiger partial charge in [-0.2, -0.15) is 26.3 Å². The van der Waals surface area contributed by atoms with Gasteiger partial charge in [0.05, 0.1) is 25.1 Å². The number of fused-ring (bicyclic) bond motifs is 3. The lowest BCUT2D eigenvalue weighted by atomic mass is 9.74. The Morgan fingerprint density at radius 3 is 1.83 bits per heavy atom. The van der Waals surface area contributed by atoms with Gasteiger partial charge in [-0.25, -0.2) is 8.78 Å². The lowest BCUT2D eigenvalue weighted by Gasteiger charge is -2.46. The van der Waals surface area contributed by atoms with E-state index < -0.39 is 210 Å². The highest BCUT2D eigenvalue weighted by Crippen LogP contribution is 2.39. The molecule has 12 amide bonds. The monoisotopic (exact) mass is 1450 g/mol. The fraction of sp³-hybridized carbons (Fsp3) is 0.629. The number of likely N-dealkylation sites (N-methyl/N-ethyl adjacent to an activating group) is 7.